The summed E-state index contributed by atoms with van der Waals surface area (Å²) in [6.07, 6.45) is 2.45. The Labute approximate surface area is 175 Å². The molecule has 4 nitrogen and oxygen atoms in total. The number of benzene rings is 2. The van der Waals surface area contributed by atoms with Crippen molar-refractivity contribution in [3.8, 4) is 0 Å². The van der Waals surface area contributed by atoms with Crippen molar-refractivity contribution in [1.82, 2.24) is 5.32 Å². The van der Waals surface area contributed by atoms with E-state index in [1.54, 1.807) is 30.0 Å². The first kappa shape index (κ1) is 21.1. The maximum Gasteiger partial charge on any atom is 0.253 e. The van der Waals surface area contributed by atoms with Crippen LogP contribution in [0.3, 0.4) is 0 Å². The fraction of sp³-hybridized carbons (Fsp3) is 0.222. The van der Waals surface area contributed by atoms with Crippen molar-refractivity contribution in [3.05, 3.63) is 62.5 Å². The Bertz CT molecular complexity index is 787. The van der Waals surface area contributed by atoms with E-state index in [2.05, 4.69) is 26.6 Å². The fourth-order valence-corrected chi connectivity index (χ4v) is 3.41. The first-order valence-electron chi connectivity index (χ1n) is 7.72. The van der Waals surface area contributed by atoms with Crippen molar-refractivity contribution in [2.24, 2.45) is 0 Å². The number of thioether (sulfide) groups is 1. The molecule has 0 bridgehead atoms. The van der Waals surface area contributed by atoms with Gasteiger partial charge in [-0.3, -0.25) is 9.59 Å². The molecule has 0 aliphatic carbocycles. The van der Waals surface area contributed by atoms with Gasteiger partial charge in [-0.25, -0.2) is 0 Å². The molecule has 0 spiro atoms. The highest BCUT2D eigenvalue weighted by Crippen LogP contribution is 2.21. The zero-order chi connectivity index (χ0) is 19.1. The maximum absolute atomic E-state index is 12.6. The number of rotatable bonds is 7. The topological polar surface area (TPSA) is 58.2 Å². The molecule has 0 saturated carbocycles. The molecule has 0 heterocycles. The van der Waals surface area contributed by atoms with Gasteiger partial charge >= 0.3 is 0 Å². The summed E-state index contributed by atoms with van der Waals surface area (Å²) in [4.78, 5) is 25.1. The zero-order valence-electron chi connectivity index (χ0n) is 13.9. The minimum Gasteiger partial charge on any atom is -0.340 e. The van der Waals surface area contributed by atoms with Crippen LogP contribution in [0, 0.1) is 0 Å². The summed E-state index contributed by atoms with van der Waals surface area (Å²) < 4.78 is 0.917. The lowest BCUT2D eigenvalue weighted by molar-refractivity contribution is -0.118. The highest BCUT2D eigenvalue weighted by atomic mass is 79.9. The van der Waals surface area contributed by atoms with Crippen LogP contribution in [0.15, 0.2) is 46.9 Å². The van der Waals surface area contributed by atoms with Crippen molar-refractivity contribution >= 4 is 68.4 Å². The highest BCUT2D eigenvalue weighted by molar-refractivity contribution is 9.10. The van der Waals surface area contributed by atoms with E-state index in [1.807, 2.05) is 18.4 Å². The van der Waals surface area contributed by atoms with Crippen LogP contribution in [-0.2, 0) is 4.79 Å². The molecular weight excluding hydrogens is 459 g/mol. The van der Waals surface area contributed by atoms with E-state index in [4.69, 9.17) is 23.2 Å². The lowest BCUT2D eigenvalue weighted by Gasteiger charge is -2.18. The van der Waals surface area contributed by atoms with E-state index < -0.39 is 11.9 Å². The maximum atomic E-state index is 12.6. The second-order valence-electron chi connectivity index (χ2n) is 5.43. The van der Waals surface area contributed by atoms with Crippen molar-refractivity contribution in [2.75, 3.05) is 17.3 Å². The van der Waals surface area contributed by atoms with Crippen LogP contribution >= 0.6 is 50.9 Å². The van der Waals surface area contributed by atoms with Gasteiger partial charge in [-0.1, -0.05) is 39.1 Å². The molecule has 0 saturated heterocycles. The van der Waals surface area contributed by atoms with Gasteiger partial charge < -0.3 is 10.6 Å². The minimum absolute atomic E-state index is 0.243. The fourth-order valence-electron chi connectivity index (χ4n) is 2.18. The van der Waals surface area contributed by atoms with Gasteiger partial charge in [-0.05, 0) is 60.9 Å². The van der Waals surface area contributed by atoms with E-state index >= 15 is 0 Å². The molecule has 0 aromatic heterocycles. The van der Waals surface area contributed by atoms with Crippen LogP contribution in [0.5, 0.6) is 0 Å². The van der Waals surface area contributed by atoms with E-state index in [9.17, 15) is 9.59 Å². The number of hydrogen-bond donors (Lipinski definition) is 2. The SMILES string of the molecule is CSCCC(NC(=O)c1ccc(Cl)cc1Cl)C(=O)Nc1ccc(Br)cc1. The second-order valence-corrected chi connectivity index (χ2v) is 8.17. The Morgan fingerprint density at radius 2 is 1.85 bits per heavy atom. The van der Waals surface area contributed by atoms with Gasteiger partial charge in [0.05, 0.1) is 10.6 Å². The standard InChI is InChI=1S/C18H17BrCl2N2O2S/c1-26-9-8-16(18(25)22-13-5-2-11(19)3-6-13)23-17(24)14-7-4-12(20)10-15(14)21/h2-7,10,16H,8-9H2,1H3,(H,22,25)(H,23,24). The van der Waals surface area contributed by atoms with Crippen molar-refractivity contribution in [1.29, 1.82) is 0 Å². The number of anilines is 1. The Morgan fingerprint density at radius 3 is 2.46 bits per heavy atom. The van der Waals surface area contributed by atoms with Crippen LogP contribution in [0.25, 0.3) is 0 Å². The second kappa shape index (κ2) is 10.2. The molecule has 1 unspecified atom stereocenters. The zero-order valence-corrected chi connectivity index (χ0v) is 17.8. The van der Waals surface area contributed by atoms with Crippen LogP contribution in [0.2, 0.25) is 10.0 Å². The molecule has 0 aliphatic rings. The Morgan fingerprint density at radius 1 is 1.15 bits per heavy atom. The number of hydrogen-bond acceptors (Lipinski definition) is 3. The summed E-state index contributed by atoms with van der Waals surface area (Å²) >= 11 is 16.9. The number of halogens is 3. The van der Waals surface area contributed by atoms with Crippen LogP contribution in [-0.4, -0.2) is 29.9 Å². The molecule has 2 aromatic rings. The largest absolute Gasteiger partial charge is 0.340 e. The average molecular weight is 476 g/mol. The van der Waals surface area contributed by atoms with Crippen LogP contribution < -0.4 is 10.6 Å². The van der Waals surface area contributed by atoms with Crippen LogP contribution in [0.1, 0.15) is 16.8 Å². The van der Waals surface area contributed by atoms with E-state index in [1.165, 1.54) is 12.1 Å². The smallest absolute Gasteiger partial charge is 0.253 e. The van der Waals surface area contributed by atoms with Crippen molar-refractivity contribution in [2.45, 2.75) is 12.5 Å². The summed E-state index contributed by atoms with van der Waals surface area (Å²) in [5.74, 6) is 0.0380. The quantitative estimate of drug-likeness (QED) is 0.575. The minimum atomic E-state index is -0.676. The van der Waals surface area contributed by atoms with E-state index in [0.717, 1.165) is 10.2 Å². The molecule has 0 radical (unpaired) electrons. The van der Waals surface area contributed by atoms with Gasteiger partial charge in [0.1, 0.15) is 6.04 Å². The molecular formula is C18H17BrCl2N2O2S. The normalized spacial score (nSPS) is 11.7. The number of carbonyl (C=O) groups excluding carboxylic acids is 2. The van der Waals surface area contributed by atoms with Gasteiger partial charge in [-0.2, -0.15) is 11.8 Å². The van der Waals surface area contributed by atoms with E-state index in [-0.39, 0.29) is 16.5 Å². The summed E-state index contributed by atoms with van der Waals surface area (Å²) in [5, 5.41) is 6.27. The van der Waals surface area contributed by atoms with Crippen LogP contribution in [0.4, 0.5) is 5.69 Å². The molecule has 2 rings (SSSR count). The van der Waals surface area contributed by atoms with E-state index in [0.29, 0.717) is 17.1 Å². The van der Waals surface area contributed by atoms with Gasteiger partial charge in [-0.15, -0.1) is 0 Å². The highest BCUT2D eigenvalue weighted by Gasteiger charge is 2.22. The predicted octanol–water partition coefficient (Wildman–Crippen LogP) is 5.25. The van der Waals surface area contributed by atoms with Crippen molar-refractivity contribution in [3.63, 3.8) is 0 Å². The first-order chi connectivity index (χ1) is 12.4. The van der Waals surface area contributed by atoms with Gasteiger partial charge in [0.2, 0.25) is 5.91 Å². The molecule has 1 atom stereocenters. The summed E-state index contributed by atoms with van der Waals surface area (Å²) in [5.41, 5.74) is 0.938. The lowest BCUT2D eigenvalue weighted by atomic mass is 10.1. The third kappa shape index (κ3) is 6.20. The Balaban J connectivity index is 2.11. The summed E-state index contributed by atoms with van der Waals surface area (Å²) in [6.45, 7) is 0. The first-order valence-corrected chi connectivity index (χ1v) is 10.7. The molecule has 2 N–H and O–H groups in total. The number of amides is 2. The molecule has 0 fully saturated rings. The third-order valence-corrected chi connectivity index (χ3v) is 5.24. The lowest BCUT2D eigenvalue weighted by Crippen LogP contribution is -2.44. The third-order valence-electron chi connectivity index (χ3n) is 3.52. The van der Waals surface area contributed by atoms with Gasteiger partial charge in [0.25, 0.3) is 5.91 Å². The molecule has 2 aromatic carbocycles. The number of nitrogens with one attached hydrogen (secondary N) is 2. The van der Waals surface area contributed by atoms with Crippen molar-refractivity contribution < 1.29 is 9.59 Å². The molecule has 0 aliphatic heterocycles. The molecule has 26 heavy (non-hydrogen) atoms. The average Bonchev–Trinajstić information content (AvgIpc) is 2.60. The summed E-state index contributed by atoms with van der Waals surface area (Å²) in [6, 6.07) is 11.2. The molecule has 8 heteroatoms. The monoisotopic (exact) mass is 474 g/mol. The predicted molar refractivity (Wildman–Crippen MR) is 113 cm³/mol. The Hall–Kier alpha value is -1.21. The number of carbonyl (C=O) groups is 2. The summed E-state index contributed by atoms with van der Waals surface area (Å²) in [7, 11) is 0. The van der Waals surface area contributed by atoms with Gasteiger partial charge in [0, 0.05) is 15.2 Å². The Kier molecular flexibility index (Phi) is 8.28. The molecule has 138 valence electrons. The molecule has 2 amide bonds. The van der Waals surface area contributed by atoms with Gasteiger partial charge in [0.15, 0.2) is 0 Å².